The molecule has 5 heteroatoms. The Hall–Kier alpha value is -1.07. The summed E-state index contributed by atoms with van der Waals surface area (Å²) in [6.45, 7) is -0.280. The first-order valence-corrected chi connectivity index (χ1v) is 4.07. The molecular formula is C9H10F3NO. The predicted octanol–water partition coefficient (Wildman–Crippen LogP) is 1.49. The van der Waals surface area contributed by atoms with Crippen molar-refractivity contribution >= 4 is 0 Å². The van der Waals surface area contributed by atoms with E-state index in [0.29, 0.717) is 12.1 Å². The van der Waals surface area contributed by atoms with Crippen molar-refractivity contribution < 1.29 is 18.3 Å². The van der Waals surface area contributed by atoms with Crippen molar-refractivity contribution in [3.63, 3.8) is 0 Å². The monoisotopic (exact) mass is 205 g/mol. The fourth-order valence-electron chi connectivity index (χ4n) is 1.19. The van der Waals surface area contributed by atoms with Gasteiger partial charge in [-0.1, -0.05) is 0 Å². The molecule has 0 saturated carbocycles. The lowest BCUT2D eigenvalue weighted by Crippen LogP contribution is -2.16. The molecule has 0 aliphatic rings. The maximum Gasteiger partial charge on any atom is 0.133 e. The molecule has 0 aliphatic heterocycles. The fourth-order valence-corrected chi connectivity index (χ4v) is 1.19. The number of benzene rings is 1. The molecule has 0 bridgehead atoms. The van der Waals surface area contributed by atoms with Crippen molar-refractivity contribution in [1.29, 1.82) is 0 Å². The second-order valence-electron chi connectivity index (χ2n) is 2.90. The molecule has 1 aromatic rings. The summed E-state index contributed by atoms with van der Waals surface area (Å²) in [5.41, 5.74) is 5.01. The van der Waals surface area contributed by atoms with Crippen LogP contribution in [0.3, 0.4) is 0 Å². The summed E-state index contributed by atoms with van der Waals surface area (Å²) in [4.78, 5) is 0. The van der Waals surface area contributed by atoms with Gasteiger partial charge in [-0.2, -0.15) is 0 Å². The molecule has 0 saturated heterocycles. The van der Waals surface area contributed by atoms with Crippen LogP contribution in [-0.4, -0.2) is 11.7 Å². The van der Waals surface area contributed by atoms with E-state index in [2.05, 4.69) is 0 Å². The Labute approximate surface area is 79.2 Å². The van der Waals surface area contributed by atoms with Gasteiger partial charge >= 0.3 is 0 Å². The normalized spacial score (nSPS) is 12.9. The van der Waals surface area contributed by atoms with Gasteiger partial charge in [-0.25, -0.2) is 13.2 Å². The van der Waals surface area contributed by atoms with Gasteiger partial charge in [0.15, 0.2) is 0 Å². The van der Waals surface area contributed by atoms with Crippen molar-refractivity contribution in [1.82, 2.24) is 0 Å². The van der Waals surface area contributed by atoms with E-state index in [1.807, 2.05) is 0 Å². The first kappa shape index (κ1) is 11.0. The van der Waals surface area contributed by atoms with Gasteiger partial charge < -0.3 is 10.8 Å². The van der Waals surface area contributed by atoms with E-state index in [1.54, 1.807) is 0 Å². The van der Waals surface area contributed by atoms with Crippen LogP contribution in [0.25, 0.3) is 0 Å². The van der Waals surface area contributed by atoms with E-state index >= 15 is 0 Å². The molecule has 0 fully saturated rings. The first-order chi connectivity index (χ1) is 6.56. The summed E-state index contributed by atoms with van der Waals surface area (Å²) < 4.78 is 38.6. The summed E-state index contributed by atoms with van der Waals surface area (Å²) in [6, 6.07) is 0.172. The number of rotatable bonds is 3. The predicted molar refractivity (Wildman–Crippen MR) is 44.9 cm³/mol. The number of aliphatic hydroxyl groups excluding tert-OH is 1. The number of nitrogens with two attached hydrogens (primary N) is 1. The zero-order valence-corrected chi connectivity index (χ0v) is 7.30. The van der Waals surface area contributed by atoms with E-state index in [1.165, 1.54) is 0 Å². The van der Waals surface area contributed by atoms with Gasteiger partial charge in [0, 0.05) is 30.3 Å². The molecule has 14 heavy (non-hydrogen) atoms. The quantitative estimate of drug-likeness (QED) is 0.785. The average Bonchev–Trinajstić information content (AvgIpc) is 2.01. The average molecular weight is 205 g/mol. The third kappa shape index (κ3) is 2.24. The van der Waals surface area contributed by atoms with Crippen LogP contribution < -0.4 is 5.73 Å². The summed E-state index contributed by atoms with van der Waals surface area (Å²) in [5.74, 6) is -3.04. The molecule has 0 radical (unpaired) electrons. The van der Waals surface area contributed by atoms with Gasteiger partial charge in [-0.05, 0) is 6.42 Å². The van der Waals surface area contributed by atoms with E-state index in [9.17, 15) is 13.2 Å². The molecule has 0 heterocycles. The standard InChI is InChI=1S/C9H10F3NO/c10-5-3-6(11)9(7(12)4-5)8(13)1-2-14/h3-4,8,14H,1-2,13H2/t8-/m0/s1. The van der Waals surface area contributed by atoms with Crippen LogP contribution in [0.2, 0.25) is 0 Å². The van der Waals surface area contributed by atoms with Crippen LogP contribution in [0.4, 0.5) is 13.2 Å². The minimum absolute atomic E-state index is 0.0273. The number of halogens is 3. The lowest BCUT2D eigenvalue weighted by Gasteiger charge is -2.12. The minimum atomic E-state index is -1.02. The molecule has 3 N–H and O–H groups in total. The highest BCUT2D eigenvalue weighted by Crippen LogP contribution is 2.22. The molecule has 0 unspecified atom stereocenters. The highest BCUT2D eigenvalue weighted by molar-refractivity contribution is 5.23. The van der Waals surface area contributed by atoms with E-state index in [4.69, 9.17) is 10.8 Å². The molecule has 1 rings (SSSR count). The SMILES string of the molecule is N[C@@H](CCO)c1c(F)cc(F)cc1F. The zero-order chi connectivity index (χ0) is 10.7. The number of aliphatic hydroxyl groups is 1. The number of hydrogen-bond acceptors (Lipinski definition) is 2. The third-order valence-corrected chi connectivity index (χ3v) is 1.85. The molecule has 1 atom stereocenters. The number of hydrogen-bond donors (Lipinski definition) is 2. The van der Waals surface area contributed by atoms with E-state index in [-0.39, 0.29) is 18.6 Å². The molecule has 0 aromatic heterocycles. The van der Waals surface area contributed by atoms with Gasteiger partial charge in [0.2, 0.25) is 0 Å². The summed E-state index contributed by atoms with van der Waals surface area (Å²) in [6.07, 6.45) is 0.0273. The molecule has 2 nitrogen and oxygen atoms in total. The maximum absolute atomic E-state index is 13.0. The van der Waals surface area contributed by atoms with Crippen molar-refractivity contribution in [2.75, 3.05) is 6.61 Å². The summed E-state index contributed by atoms with van der Waals surface area (Å²) >= 11 is 0. The molecule has 78 valence electrons. The molecule has 0 spiro atoms. The molecule has 0 amide bonds. The fraction of sp³-hybridized carbons (Fsp3) is 0.333. The summed E-state index contributed by atoms with van der Waals surface area (Å²) in [7, 11) is 0. The zero-order valence-electron chi connectivity index (χ0n) is 7.30. The maximum atomic E-state index is 13.0. The molecule has 0 aliphatic carbocycles. The Morgan fingerprint density at radius 1 is 1.21 bits per heavy atom. The van der Waals surface area contributed by atoms with Crippen LogP contribution >= 0.6 is 0 Å². The lowest BCUT2D eigenvalue weighted by atomic mass is 10.0. The van der Waals surface area contributed by atoms with Crippen LogP contribution in [0.5, 0.6) is 0 Å². The van der Waals surface area contributed by atoms with Gasteiger partial charge in [-0.3, -0.25) is 0 Å². The van der Waals surface area contributed by atoms with Crippen LogP contribution in [0.15, 0.2) is 12.1 Å². The molecule has 1 aromatic carbocycles. The van der Waals surface area contributed by atoms with Gasteiger partial charge in [0.25, 0.3) is 0 Å². The second-order valence-corrected chi connectivity index (χ2v) is 2.90. The third-order valence-electron chi connectivity index (χ3n) is 1.85. The van der Waals surface area contributed by atoms with Gasteiger partial charge in [0.05, 0.1) is 0 Å². The smallest absolute Gasteiger partial charge is 0.133 e. The largest absolute Gasteiger partial charge is 0.396 e. The topological polar surface area (TPSA) is 46.2 Å². The highest BCUT2D eigenvalue weighted by Gasteiger charge is 2.17. The Morgan fingerprint density at radius 3 is 2.14 bits per heavy atom. The van der Waals surface area contributed by atoms with Crippen LogP contribution in [-0.2, 0) is 0 Å². The Morgan fingerprint density at radius 2 is 1.71 bits per heavy atom. The van der Waals surface area contributed by atoms with Crippen molar-refractivity contribution in [3.05, 3.63) is 35.1 Å². The Bertz CT molecular complexity index is 307. The first-order valence-electron chi connectivity index (χ1n) is 4.07. The highest BCUT2D eigenvalue weighted by atomic mass is 19.1. The van der Waals surface area contributed by atoms with E-state index in [0.717, 1.165) is 0 Å². The molecular weight excluding hydrogens is 195 g/mol. The van der Waals surface area contributed by atoms with Crippen LogP contribution in [0, 0.1) is 17.5 Å². The van der Waals surface area contributed by atoms with E-state index < -0.39 is 23.5 Å². The van der Waals surface area contributed by atoms with Crippen molar-refractivity contribution in [2.45, 2.75) is 12.5 Å². The Kier molecular flexibility index (Phi) is 3.49. The summed E-state index contributed by atoms with van der Waals surface area (Å²) in [5, 5.41) is 8.54. The van der Waals surface area contributed by atoms with Gasteiger partial charge in [-0.15, -0.1) is 0 Å². The second kappa shape index (κ2) is 4.43. The van der Waals surface area contributed by atoms with Crippen LogP contribution in [0.1, 0.15) is 18.0 Å². The lowest BCUT2D eigenvalue weighted by molar-refractivity contribution is 0.274. The van der Waals surface area contributed by atoms with Crippen molar-refractivity contribution in [3.8, 4) is 0 Å². The minimum Gasteiger partial charge on any atom is -0.396 e. The van der Waals surface area contributed by atoms with Gasteiger partial charge in [0.1, 0.15) is 17.5 Å². The van der Waals surface area contributed by atoms with Crippen molar-refractivity contribution in [2.24, 2.45) is 5.73 Å². The Balaban J connectivity index is 3.07.